The number of benzene rings is 2. The Balaban J connectivity index is 2.30. The van der Waals surface area contributed by atoms with Crippen LogP contribution in [0.3, 0.4) is 0 Å². The summed E-state index contributed by atoms with van der Waals surface area (Å²) in [6.07, 6.45) is 0. The number of rotatable bonds is 4. The minimum absolute atomic E-state index is 0.158. The van der Waals surface area contributed by atoms with Crippen LogP contribution < -0.4 is 4.74 Å². The second kappa shape index (κ2) is 5.85. The minimum Gasteiger partial charge on any atom is -0.494 e. The highest BCUT2D eigenvalue weighted by Gasteiger charge is 2.13. The van der Waals surface area contributed by atoms with E-state index in [1.807, 2.05) is 6.92 Å². The zero-order valence-electron chi connectivity index (χ0n) is 10.3. The molecule has 98 valence electrons. The first-order chi connectivity index (χ1) is 9.11. The van der Waals surface area contributed by atoms with Gasteiger partial charge in [-0.2, -0.15) is 0 Å². The van der Waals surface area contributed by atoms with Gasteiger partial charge in [0.15, 0.2) is 5.78 Å². The average Bonchev–Trinajstić information content (AvgIpc) is 2.42. The third kappa shape index (κ3) is 3.12. The lowest BCUT2D eigenvalue weighted by molar-refractivity contribution is 0.103. The maximum atomic E-state index is 13.2. The molecular formula is C15H12ClFO2. The van der Waals surface area contributed by atoms with Gasteiger partial charge in [0.05, 0.1) is 11.6 Å². The van der Waals surface area contributed by atoms with Gasteiger partial charge in [0.1, 0.15) is 11.6 Å². The zero-order chi connectivity index (χ0) is 13.8. The summed E-state index contributed by atoms with van der Waals surface area (Å²) in [5, 5.41) is 0.236. The summed E-state index contributed by atoms with van der Waals surface area (Å²) in [7, 11) is 0. The molecular weight excluding hydrogens is 267 g/mol. The van der Waals surface area contributed by atoms with Gasteiger partial charge in [0.2, 0.25) is 0 Å². The maximum Gasteiger partial charge on any atom is 0.194 e. The Bertz CT molecular complexity index is 594. The molecule has 0 saturated carbocycles. The molecule has 0 aromatic heterocycles. The quantitative estimate of drug-likeness (QED) is 0.787. The molecule has 0 bridgehead atoms. The lowest BCUT2D eigenvalue weighted by atomic mass is 10.0. The van der Waals surface area contributed by atoms with Gasteiger partial charge in [0.25, 0.3) is 0 Å². The number of halogens is 2. The molecule has 0 heterocycles. The van der Waals surface area contributed by atoms with Crippen molar-refractivity contribution in [2.45, 2.75) is 6.92 Å². The highest BCUT2D eigenvalue weighted by molar-refractivity contribution is 6.34. The monoisotopic (exact) mass is 278 g/mol. The van der Waals surface area contributed by atoms with Gasteiger partial charge in [-0.25, -0.2) is 4.39 Å². The topological polar surface area (TPSA) is 26.3 Å². The number of hydrogen-bond acceptors (Lipinski definition) is 2. The summed E-state index contributed by atoms with van der Waals surface area (Å²) in [5.74, 6) is -0.115. The summed E-state index contributed by atoms with van der Waals surface area (Å²) in [6.45, 7) is 2.44. The van der Waals surface area contributed by atoms with Crippen molar-refractivity contribution in [2.24, 2.45) is 0 Å². The van der Waals surface area contributed by atoms with Gasteiger partial charge in [0, 0.05) is 11.1 Å². The lowest BCUT2D eigenvalue weighted by Crippen LogP contribution is -2.03. The maximum absolute atomic E-state index is 13.2. The standard InChI is InChI=1S/C15H12ClFO2/c1-2-19-12-6-3-10(4-7-12)15(18)13-9-11(17)5-8-14(13)16/h3-9H,2H2,1H3. The Morgan fingerprint density at radius 2 is 1.89 bits per heavy atom. The normalized spacial score (nSPS) is 10.3. The molecule has 0 radical (unpaired) electrons. The fourth-order valence-electron chi connectivity index (χ4n) is 1.70. The largest absolute Gasteiger partial charge is 0.494 e. The van der Waals surface area contributed by atoms with Crippen LogP contribution in [-0.4, -0.2) is 12.4 Å². The predicted octanol–water partition coefficient (Wildman–Crippen LogP) is 4.11. The summed E-state index contributed by atoms with van der Waals surface area (Å²) >= 11 is 5.91. The molecule has 2 aromatic rings. The summed E-state index contributed by atoms with van der Waals surface area (Å²) in [5.41, 5.74) is 0.599. The molecule has 0 saturated heterocycles. The molecule has 2 aromatic carbocycles. The van der Waals surface area contributed by atoms with Crippen molar-refractivity contribution >= 4 is 17.4 Å². The van der Waals surface area contributed by atoms with Crippen LogP contribution in [0.4, 0.5) is 4.39 Å². The van der Waals surface area contributed by atoms with Crippen molar-refractivity contribution < 1.29 is 13.9 Å². The van der Waals surface area contributed by atoms with Gasteiger partial charge in [-0.1, -0.05) is 11.6 Å². The van der Waals surface area contributed by atoms with E-state index in [1.54, 1.807) is 24.3 Å². The summed E-state index contributed by atoms with van der Waals surface area (Å²) < 4.78 is 18.4. The van der Waals surface area contributed by atoms with Crippen LogP contribution in [0.15, 0.2) is 42.5 Å². The molecule has 0 amide bonds. The van der Waals surface area contributed by atoms with Gasteiger partial charge >= 0.3 is 0 Å². The van der Waals surface area contributed by atoms with Gasteiger partial charge in [-0.15, -0.1) is 0 Å². The third-order valence-electron chi connectivity index (χ3n) is 2.60. The van der Waals surface area contributed by atoms with E-state index in [0.717, 1.165) is 6.07 Å². The molecule has 0 unspecified atom stereocenters. The third-order valence-corrected chi connectivity index (χ3v) is 2.93. The molecule has 2 rings (SSSR count). The van der Waals surface area contributed by atoms with Crippen LogP contribution in [0.1, 0.15) is 22.8 Å². The first-order valence-corrected chi connectivity index (χ1v) is 6.22. The summed E-state index contributed by atoms with van der Waals surface area (Å²) in [4.78, 5) is 12.2. The highest BCUT2D eigenvalue weighted by Crippen LogP contribution is 2.22. The Kier molecular flexibility index (Phi) is 4.17. The number of hydrogen-bond donors (Lipinski definition) is 0. The van der Waals surface area contributed by atoms with E-state index >= 15 is 0 Å². The molecule has 0 spiro atoms. The van der Waals surface area contributed by atoms with E-state index in [9.17, 15) is 9.18 Å². The van der Waals surface area contributed by atoms with Crippen molar-refractivity contribution in [1.82, 2.24) is 0 Å². The molecule has 4 heteroatoms. The Labute approximate surface area is 115 Å². The highest BCUT2D eigenvalue weighted by atomic mass is 35.5. The van der Waals surface area contributed by atoms with Crippen LogP contribution in [0, 0.1) is 5.82 Å². The van der Waals surface area contributed by atoms with E-state index in [-0.39, 0.29) is 16.4 Å². The van der Waals surface area contributed by atoms with E-state index in [1.165, 1.54) is 12.1 Å². The van der Waals surface area contributed by atoms with Crippen LogP contribution in [0.5, 0.6) is 5.75 Å². The molecule has 0 aliphatic heterocycles. The molecule has 2 nitrogen and oxygen atoms in total. The zero-order valence-corrected chi connectivity index (χ0v) is 11.1. The second-order valence-electron chi connectivity index (χ2n) is 3.91. The average molecular weight is 279 g/mol. The molecule has 0 N–H and O–H groups in total. The lowest BCUT2D eigenvalue weighted by Gasteiger charge is -2.06. The SMILES string of the molecule is CCOc1ccc(C(=O)c2cc(F)ccc2Cl)cc1. The predicted molar refractivity (Wildman–Crippen MR) is 72.5 cm³/mol. The molecule has 0 aliphatic carbocycles. The van der Waals surface area contributed by atoms with Gasteiger partial charge in [-0.3, -0.25) is 4.79 Å². The number of carbonyl (C=O) groups excluding carboxylic acids is 1. The first-order valence-electron chi connectivity index (χ1n) is 5.84. The number of ketones is 1. The van der Waals surface area contributed by atoms with Crippen molar-refractivity contribution in [1.29, 1.82) is 0 Å². The van der Waals surface area contributed by atoms with E-state index in [0.29, 0.717) is 17.9 Å². The Hall–Kier alpha value is -1.87. The first kappa shape index (κ1) is 13.6. The number of carbonyl (C=O) groups is 1. The van der Waals surface area contributed by atoms with Crippen molar-refractivity contribution in [3.63, 3.8) is 0 Å². The fraction of sp³-hybridized carbons (Fsp3) is 0.133. The van der Waals surface area contributed by atoms with Crippen molar-refractivity contribution in [3.05, 3.63) is 64.4 Å². The number of ether oxygens (including phenoxy) is 1. The second-order valence-corrected chi connectivity index (χ2v) is 4.32. The molecule has 0 atom stereocenters. The minimum atomic E-state index is -0.487. The van der Waals surface area contributed by atoms with Gasteiger partial charge in [-0.05, 0) is 49.4 Å². The fourth-order valence-corrected chi connectivity index (χ4v) is 1.90. The van der Waals surface area contributed by atoms with E-state index in [2.05, 4.69) is 0 Å². The van der Waals surface area contributed by atoms with Crippen LogP contribution in [0.25, 0.3) is 0 Å². The smallest absolute Gasteiger partial charge is 0.194 e. The van der Waals surface area contributed by atoms with Crippen LogP contribution in [0.2, 0.25) is 5.02 Å². The van der Waals surface area contributed by atoms with Gasteiger partial charge < -0.3 is 4.74 Å². The summed E-state index contributed by atoms with van der Waals surface area (Å²) in [6, 6.07) is 10.4. The Morgan fingerprint density at radius 3 is 2.53 bits per heavy atom. The molecule has 0 aliphatic rings. The Morgan fingerprint density at radius 1 is 1.21 bits per heavy atom. The van der Waals surface area contributed by atoms with Crippen molar-refractivity contribution in [3.8, 4) is 5.75 Å². The van der Waals surface area contributed by atoms with Crippen molar-refractivity contribution in [2.75, 3.05) is 6.61 Å². The van der Waals surface area contributed by atoms with Crippen LogP contribution >= 0.6 is 11.6 Å². The van der Waals surface area contributed by atoms with E-state index < -0.39 is 5.82 Å². The molecule has 0 fully saturated rings. The molecule has 19 heavy (non-hydrogen) atoms. The van der Waals surface area contributed by atoms with Crippen LogP contribution in [-0.2, 0) is 0 Å². The van der Waals surface area contributed by atoms with E-state index in [4.69, 9.17) is 16.3 Å².